The van der Waals surface area contributed by atoms with Crippen LogP contribution in [0.1, 0.15) is 61.6 Å². The van der Waals surface area contributed by atoms with Crippen molar-refractivity contribution in [2.45, 2.75) is 76.9 Å². The molecule has 2 amide bonds. The molecule has 43 heavy (non-hydrogen) atoms. The molecule has 3 aromatic rings. The van der Waals surface area contributed by atoms with Crippen molar-refractivity contribution in [1.82, 2.24) is 10.2 Å². The summed E-state index contributed by atoms with van der Waals surface area (Å²) < 4.78 is 27.7. The van der Waals surface area contributed by atoms with Gasteiger partial charge in [-0.15, -0.1) is 0 Å². The quantitative estimate of drug-likeness (QED) is 0.229. The third-order valence-corrected chi connectivity index (χ3v) is 9.67. The maximum atomic E-state index is 14.1. The van der Waals surface area contributed by atoms with Crippen molar-refractivity contribution in [3.8, 4) is 0 Å². The Kier molecular flexibility index (Phi) is 11.8. The highest BCUT2D eigenvalue weighted by Gasteiger charge is 2.32. The number of para-hydroxylation sites is 1. The summed E-state index contributed by atoms with van der Waals surface area (Å²) >= 11 is 3.53. The largest absolute Gasteiger partial charge is 0.352 e. The van der Waals surface area contributed by atoms with Gasteiger partial charge in [0, 0.05) is 36.4 Å². The highest BCUT2D eigenvalue weighted by molar-refractivity contribution is 9.10. The predicted octanol–water partition coefficient (Wildman–Crippen LogP) is 6.39. The number of anilines is 1. The summed E-state index contributed by atoms with van der Waals surface area (Å²) in [6.07, 6.45) is 7.25. The monoisotopic (exact) mass is 667 g/mol. The van der Waals surface area contributed by atoms with Crippen molar-refractivity contribution in [2.24, 2.45) is 0 Å². The van der Waals surface area contributed by atoms with E-state index in [-0.39, 0.29) is 37.4 Å². The molecule has 7 nitrogen and oxygen atoms in total. The lowest BCUT2D eigenvalue weighted by atomic mass is 9.94. The number of carbonyl (C=O) groups excluding carboxylic acids is 2. The Labute approximate surface area is 264 Å². The van der Waals surface area contributed by atoms with Crippen LogP contribution in [0.15, 0.2) is 83.3 Å². The molecule has 1 atom stereocenters. The second-order valence-corrected chi connectivity index (χ2v) is 14.2. The van der Waals surface area contributed by atoms with Crippen molar-refractivity contribution in [3.63, 3.8) is 0 Å². The first kappa shape index (κ1) is 32.7. The summed E-state index contributed by atoms with van der Waals surface area (Å²) in [4.78, 5) is 29.7. The first-order chi connectivity index (χ1) is 20.6. The molecule has 1 saturated carbocycles. The van der Waals surface area contributed by atoms with Gasteiger partial charge in [-0.2, -0.15) is 0 Å². The molecule has 0 aromatic heterocycles. The molecule has 0 saturated heterocycles. The van der Waals surface area contributed by atoms with Crippen molar-refractivity contribution >= 4 is 43.5 Å². The van der Waals surface area contributed by atoms with Gasteiger partial charge in [-0.1, -0.05) is 95.9 Å². The maximum absolute atomic E-state index is 14.1. The predicted molar refractivity (Wildman–Crippen MR) is 176 cm³/mol. The van der Waals surface area contributed by atoms with Crippen LogP contribution in [-0.4, -0.2) is 50.0 Å². The third-order valence-electron chi connectivity index (χ3n) is 8.00. The number of hydrogen-bond donors (Lipinski definition) is 1. The summed E-state index contributed by atoms with van der Waals surface area (Å²) in [5.41, 5.74) is 3.33. The zero-order valence-electron chi connectivity index (χ0n) is 25.0. The van der Waals surface area contributed by atoms with E-state index in [0.717, 1.165) is 46.8 Å². The molecule has 0 radical (unpaired) electrons. The first-order valence-corrected chi connectivity index (χ1v) is 17.7. The zero-order chi connectivity index (χ0) is 30.8. The lowest BCUT2D eigenvalue weighted by molar-refractivity contribution is -0.141. The fraction of sp³-hybridized carbons (Fsp3) is 0.412. The topological polar surface area (TPSA) is 86.8 Å². The van der Waals surface area contributed by atoms with Crippen LogP contribution in [-0.2, 0) is 32.6 Å². The molecule has 1 aliphatic rings. The van der Waals surface area contributed by atoms with Crippen molar-refractivity contribution < 1.29 is 18.0 Å². The molecule has 0 spiro atoms. The highest BCUT2D eigenvalue weighted by Crippen LogP contribution is 2.24. The molecule has 9 heteroatoms. The van der Waals surface area contributed by atoms with Crippen LogP contribution in [0.3, 0.4) is 0 Å². The second-order valence-electron chi connectivity index (χ2n) is 11.4. The number of sulfonamides is 1. The number of hydrogen-bond acceptors (Lipinski definition) is 4. The number of aryl methyl sites for hydroxylation is 1. The number of rotatable bonds is 13. The van der Waals surface area contributed by atoms with Crippen LogP contribution in [0.4, 0.5) is 5.69 Å². The van der Waals surface area contributed by atoms with Gasteiger partial charge in [-0.3, -0.25) is 13.9 Å². The number of amides is 2. The van der Waals surface area contributed by atoms with E-state index < -0.39 is 16.1 Å². The SMILES string of the molecule is Cc1ccccc1N(CCCC(=O)N(Cc1cccc(Br)c1)[C@@H](Cc1ccccc1)C(=O)NC1CCCCC1)S(C)(=O)=O. The highest BCUT2D eigenvalue weighted by atomic mass is 79.9. The Morgan fingerprint density at radius 3 is 2.28 bits per heavy atom. The minimum atomic E-state index is -3.56. The molecule has 3 aromatic carbocycles. The molecule has 1 aliphatic carbocycles. The summed E-state index contributed by atoms with van der Waals surface area (Å²) in [6.45, 7) is 2.30. The minimum absolute atomic E-state index is 0.105. The number of carbonyl (C=O) groups is 2. The molecule has 1 fully saturated rings. The first-order valence-electron chi connectivity index (χ1n) is 15.0. The summed E-state index contributed by atoms with van der Waals surface area (Å²) in [5, 5.41) is 3.26. The molecule has 1 N–H and O–H groups in total. The lowest BCUT2D eigenvalue weighted by Gasteiger charge is -2.34. The second kappa shape index (κ2) is 15.5. The molecular weight excluding hydrogens is 626 g/mol. The lowest BCUT2D eigenvalue weighted by Crippen LogP contribution is -2.53. The Bertz CT molecular complexity index is 1480. The van der Waals surface area contributed by atoms with Crippen molar-refractivity contribution in [2.75, 3.05) is 17.1 Å². The molecule has 4 rings (SSSR count). The van der Waals surface area contributed by atoms with Gasteiger partial charge in [-0.05, 0) is 61.1 Å². The number of nitrogens with one attached hydrogen (secondary N) is 1. The summed E-state index contributed by atoms with van der Waals surface area (Å²) in [5.74, 6) is -0.324. The van der Waals surface area contributed by atoms with E-state index in [1.165, 1.54) is 17.0 Å². The Morgan fingerprint density at radius 1 is 0.930 bits per heavy atom. The van der Waals surface area contributed by atoms with Crippen LogP contribution in [0.2, 0.25) is 0 Å². The maximum Gasteiger partial charge on any atom is 0.243 e. The van der Waals surface area contributed by atoms with E-state index in [9.17, 15) is 18.0 Å². The fourth-order valence-electron chi connectivity index (χ4n) is 5.76. The average molecular weight is 669 g/mol. The molecule has 0 bridgehead atoms. The smallest absolute Gasteiger partial charge is 0.243 e. The zero-order valence-corrected chi connectivity index (χ0v) is 27.4. The van der Waals surface area contributed by atoms with Crippen molar-refractivity contribution in [3.05, 3.63) is 100 Å². The van der Waals surface area contributed by atoms with Gasteiger partial charge < -0.3 is 10.2 Å². The normalized spacial score (nSPS) is 14.6. The Morgan fingerprint density at radius 2 is 1.60 bits per heavy atom. The van der Waals surface area contributed by atoms with Gasteiger partial charge in [0.05, 0.1) is 11.9 Å². The van der Waals surface area contributed by atoms with Gasteiger partial charge in [0.15, 0.2) is 0 Å². The molecule has 0 heterocycles. The number of halogens is 1. The summed E-state index contributed by atoms with van der Waals surface area (Å²) in [6, 6.07) is 24.3. The number of nitrogens with zero attached hydrogens (tertiary/aromatic N) is 2. The van der Waals surface area contributed by atoms with E-state index in [4.69, 9.17) is 0 Å². The van der Waals surface area contributed by atoms with E-state index in [1.807, 2.05) is 79.7 Å². The van der Waals surface area contributed by atoms with Gasteiger partial charge in [0.25, 0.3) is 0 Å². The van der Waals surface area contributed by atoms with Crippen LogP contribution in [0, 0.1) is 6.92 Å². The van der Waals surface area contributed by atoms with E-state index in [1.54, 1.807) is 11.0 Å². The molecule has 0 unspecified atom stereocenters. The molecule has 0 aliphatic heterocycles. The van der Waals surface area contributed by atoms with Gasteiger partial charge in [-0.25, -0.2) is 8.42 Å². The summed E-state index contributed by atoms with van der Waals surface area (Å²) in [7, 11) is -3.56. The van der Waals surface area contributed by atoms with Crippen LogP contribution in [0.25, 0.3) is 0 Å². The van der Waals surface area contributed by atoms with Gasteiger partial charge >= 0.3 is 0 Å². The van der Waals surface area contributed by atoms with Crippen LogP contribution < -0.4 is 9.62 Å². The molecular formula is C34H42BrN3O4S. The van der Waals surface area contributed by atoms with E-state index >= 15 is 0 Å². The third kappa shape index (κ3) is 9.66. The average Bonchev–Trinajstić information content (AvgIpc) is 2.98. The van der Waals surface area contributed by atoms with Crippen molar-refractivity contribution in [1.29, 1.82) is 0 Å². The Balaban J connectivity index is 1.59. The number of benzene rings is 3. The van der Waals surface area contributed by atoms with E-state index in [0.29, 0.717) is 18.5 Å². The van der Waals surface area contributed by atoms with Crippen LogP contribution in [0.5, 0.6) is 0 Å². The minimum Gasteiger partial charge on any atom is -0.352 e. The van der Waals surface area contributed by atoms with Gasteiger partial charge in [0.1, 0.15) is 6.04 Å². The van der Waals surface area contributed by atoms with E-state index in [2.05, 4.69) is 21.2 Å². The Hall–Kier alpha value is -3.17. The van der Waals surface area contributed by atoms with Gasteiger partial charge in [0.2, 0.25) is 21.8 Å². The standard InChI is InChI=1S/C34H42BrN3O4S/c1-26-13-9-10-20-31(26)38(43(2,41)42)22-12-21-33(39)37(25-28-16-11-17-29(35)23-28)32(24-27-14-5-3-6-15-27)34(40)36-30-18-7-4-8-19-30/h3,5-6,9-11,13-17,20,23,30,32H,4,7-8,12,18-19,21-22,24-25H2,1-2H3,(H,36,40)/t32-/m0/s1. The fourth-order valence-corrected chi connectivity index (χ4v) is 7.23. The molecule has 230 valence electrons. The van der Waals surface area contributed by atoms with Crippen LogP contribution >= 0.6 is 15.9 Å².